The van der Waals surface area contributed by atoms with Gasteiger partial charge in [0.2, 0.25) is 5.76 Å². The van der Waals surface area contributed by atoms with Crippen LogP contribution in [0.25, 0.3) is 11.0 Å². The van der Waals surface area contributed by atoms with Crippen molar-refractivity contribution >= 4 is 16.9 Å². The Bertz CT molecular complexity index is 1090. The summed E-state index contributed by atoms with van der Waals surface area (Å²) in [7, 11) is 4.02. The van der Waals surface area contributed by atoms with Gasteiger partial charge in [-0.2, -0.15) is 0 Å². The van der Waals surface area contributed by atoms with Gasteiger partial charge in [-0.05, 0) is 51.7 Å². The van der Waals surface area contributed by atoms with Gasteiger partial charge in [-0.1, -0.05) is 42.0 Å². The number of carbonyl (C=O) groups is 1. The highest BCUT2D eigenvalue weighted by Crippen LogP contribution is 2.38. The van der Waals surface area contributed by atoms with E-state index in [1.54, 1.807) is 11.0 Å². The zero-order valence-electron chi connectivity index (χ0n) is 16.4. The molecule has 0 spiro atoms. The van der Waals surface area contributed by atoms with Crippen LogP contribution >= 0.6 is 0 Å². The van der Waals surface area contributed by atoms with Crippen LogP contribution in [0.5, 0.6) is 0 Å². The Morgan fingerprint density at radius 2 is 1.82 bits per heavy atom. The molecule has 0 radical (unpaired) electrons. The molecule has 28 heavy (non-hydrogen) atoms. The average Bonchev–Trinajstić information content (AvgIpc) is 2.95. The highest BCUT2D eigenvalue weighted by molar-refractivity contribution is 5.99. The SMILES string of the molecule is Cc1ccc2oc3c(c(=O)c2c1)[C@H](c1ccccc1)N(CCCN(C)C)C3=O. The summed E-state index contributed by atoms with van der Waals surface area (Å²) in [6.45, 7) is 3.37. The summed E-state index contributed by atoms with van der Waals surface area (Å²) in [6.07, 6.45) is 0.822. The van der Waals surface area contributed by atoms with Gasteiger partial charge >= 0.3 is 0 Å². The molecule has 1 amide bonds. The molecular weight excluding hydrogens is 352 g/mol. The number of carbonyl (C=O) groups excluding carboxylic acids is 1. The minimum atomic E-state index is -0.410. The van der Waals surface area contributed by atoms with Gasteiger partial charge in [0.1, 0.15) is 5.58 Å². The van der Waals surface area contributed by atoms with Crippen LogP contribution in [0.4, 0.5) is 0 Å². The maximum atomic E-state index is 13.4. The lowest BCUT2D eigenvalue weighted by atomic mass is 9.98. The molecule has 1 aromatic heterocycles. The molecule has 0 aliphatic carbocycles. The Kier molecular flexibility index (Phi) is 4.77. The number of nitrogens with zero attached hydrogens (tertiary/aromatic N) is 2. The molecular formula is C23H24N2O3. The van der Waals surface area contributed by atoms with Crippen molar-refractivity contribution in [1.82, 2.24) is 9.80 Å². The smallest absolute Gasteiger partial charge is 0.290 e. The second kappa shape index (κ2) is 7.24. The van der Waals surface area contributed by atoms with Crippen molar-refractivity contribution in [3.63, 3.8) is 0 Å². The molecule has 0 saturated carbocycles. The summed E-state index contributed by atoms with van der Waals surface area (Å²) in [5.74, 6) is -0.0257. The van der Waals surface area contributed by atoms with Gasteiger partial charge in [-0.3, -0.25) is 9.59 Å². The molecule has 3 aromatic rings. The fraction of sp³-hybridized carbons (Fsp3) is 0.304. The lowest BCUT2D eigenvalue weighted by Gasteiger charge is -2.25. The van der Waals surface area contributed by atoms with Crippen molar-refractivity contribution in [2.75, 3.05) is 27.2 Å². The fourth-order valence-electron chi connectivity index (χ4n) is 3.90. The minimum Gasteiger partial charge on any atom is -0.450 e. The third-order valence-electron chi connectivity index (χ3n) is 5.24. The quantitative estimate of drug-likeness (QED) is 0.683. The first-order valence-electron chi connectivity index (χ1n) is 9.55. The summed E-state index contributed by atoms with van der Waals surface area (Å²) in [5.41, 5.74) is 2.72. The maximum absolute atomic E-state index is 13.4. The second-order valence-electron chi connectivity index (χ2n) is 7.64. The van der Waals surface area contributed by atoms with E-state index in [-0.39, 0.29) is 17.1 Å². The predicted molar refractivity (Wildman–Crippen MR) is 110 cm³/mol. The topological polar surface area (TPSA) is 53.8 Å². The van der Waals surface area contributed by atoms with E-state index < -0.39 is 6.04 Å². The normalized spacial score (nSPS) is 16.2. The first-order chi connectivity index (χ1) is 13.5. The molecule has 0 saturated heterocycles. The van der Waals surface area contributed by atoms with Gasteiger partial charge in [0, 0.05) is 6.54 Å². The van der Waals surface area contributed by atoms with Gasteiger partial charge in [0.15, 0.2) is 5.43 Å². The van der Waals surface area contributed by atoms with E-state index in [9.17, 15) is 9.59 Å². The molecule has 2 aromatic carbocycles. The van der Waals surface area contributed by atoms with Gasteiger partial charge in [-0.25, -0.2) is 0 Å². The van der Waals surface area contributed by atoms with E-state index in [4.69, 9.17) is 4.42 Å². The first-order valence-corrected chi connectivity index (χ1v) is 9.55. The third-order valence-corrected chi connectivity index (χ3v) is 5.24. The van der Waals surface area contributed by atoms with Crippen LogP contribution in [0.3, 0.4) is 0 Å². The molecule has 144 valence electrons. The summed E-state index contributed by atoms with van der Waals surface area (Å²) in [6, 6.07) is 14.8. The van der Waals surface area contributed by atoms with Crippen LogP contribution < -0.4 is 5.43 Å². The number of fused-ring (bicyclic) bond motifs is 2. The van der Waals surface area contributed by atoms with E-state index in [1.807, 2.05) is 63.5 Å². The summed E-state index contributed by atoms with van der Waals surface area (Å²) in [4.78, 5) is 30.4. The van der Waals surface area contributed by atoms with Crippen LogP contribution in [-0.4, -0.2) is 42.9 Å². The molecule has 2 heterocycles. The molecule has 0 bridgehead atoms. The highest BCUT2D eigenvalue weighted by atomic mass is 16.3. The molecule has 0 fully saturated rings. The fourth-order valence-corrected chi connectivity index (χ4v) is 3.90. The van der Waals surface area contributed by atoms with Gasteiger partial charge in [0.25, 0.3) is 5.91 Å². The predicted octanol–water partition coefficient (Wildman–Crippen LogP) is 3.60. The molecule has 0 unspecified atom stereocenters. The number of aryl methyl sites for hydroxylation is 1. The summed E-state index contributed by atoms with van der Waals surface area (Å²) < 4.78 is 5.96. The molecule has 5 heteroatoms. The van der Waals surface area contributed by atoms with Crippen molar-refractivity contribution in [2.45, 2.75) is 19.4 Å². The van der Waals surface area contributed by atoms with Crippen LogP contribution in [0.2, 0.25) is 0 Å². The number of benzene rings is 2. The number of amides is 1. The number of hydrogen-bond donors (Lipinski definition) is 0. The van der Waals surface area contributed by atoms with Gasteiger partial charge in [-0.15, -0.1) is 0 Å². The van der Waals surface area contributed by atoms with Crippen molar-refractivity contribution in [2.24, 2.45) is 0 Å². The highest BCUT2D eigenvalue weighted by Gasteiger charge is 2.42. The van der Waals surface area contributed by atoms with Crippen molar-refractivity contribution in [1.29, 1.82) is 0 Å². The number of rotatable bonds is 5. The standard InChI is InChI=1S/C23H24N2O3/c1-15-10-11-18-17(14-15)21(26)19-20(16-8-5-4-6-9-16)25(13-7-12-24(2)3)23(27)22(19)28-18/h4-6,8-11,14,20H,7,12-13H2,1-3H3/t20-/m0/s1. The zero-order valence-corrected chi connectivity index (χ0v) is 16.4. The molecule has 5 nitrogen and oxygen atoms in total. The van der Waals surface area contributed by atoms with E-state index >= 15 is 0 Å². The minimum absolute atomic E-state index is 0.114. The zero-order chi connectivity index (χ0) is 19.8. The maximum Gasteiger partial charge on any atom is 0.290 e. The van der Waals surface area contributed by atoms with Crippen molar-refractivity contribution in [3.05, 3.63) is 81.2 Å². The van der Waals surface area contributed by atoms with Gasteiger partial charge in [0.05, 0.1) is 17.0 Å². The molecule has 1 aliphatic rings. The lowest BCUT2D eigenvalue weighted by molar-refractivity contribution is 0.0722. The third kappa shape index (κ3) is 3.12. The molecule has 0 N–H and O–H groups in total. The largest absolute Gasteiger partial charge is 0.450 e. The monoisotopic (exact) mass is 376 g/mol. The van der Waals surface area contributed by atoms with E-state index in [1.165, 1.54) is 0 Å². The van der Waals surface area contributed by atoms with Crippen molar-refractivity contribution < 1.29 is 9.21 Å². The second-order valence-corrected chi connectivity index (χ2v) is 7.64. The van der Waals surface area contributed by atoms with Crippen LogP contribution in [0, 0.1) is 6.92 Å². The first kappa shape index (κ1) is 18.4. The lowest BCUT2D eigenvalue weighted by Crippen LogP contribution is -2.32. The Labute approximate surface area is 164 Å². The number of hydrogen-bond acceptors (Lipinski definition) is 4. The van der Waals surface area contributed by atoms with E-state index in [0.717, 1.165) is 24.1 Å². The summed E-state index contributed by atoms with van der Waals surface area (Å²) in [5, 5.41) is 0.530. The summed E-state index contributed by atoms with van der Waals surface area (Å²) >= 11 is 0. The Balaban J connectivity index is 1.88. The van der Waals surface area contributed by atoms with E-state index in [2.05, 4.69) is 4.90 Å². The Morgan fingerprint density at radius 1 is 1.07 bits per heavy atom. The Morgan fingerprint density at radius 3 is 2.54 bits per heavy atom. The molecule has 1 aliphatic heterocycles. The van der Waals surface area contributed by atoms with Crippen LogP contribution in [0.15, 0.2) is 57.7 Å². The average molecular weight is 376 g/mol. The molecule has 1 atom stereocenters. The van der Waals surface area contributed by atoms with Crippen LogP contribution in [-0.2, 0) is 0 Å². The Hall–Kier alpha value is -2.92. The molecule has 4 rings (SSSR count). The van der Waals surface area contributed by atoms with Crippen molar-refractivity contribution in [3.8, 4) is 0 Å². The van der Waals surface area contributed by atoms with E-state index in [0.29, 0.717) is 23.1 Å². The van der Waals surface area contributed by atoms with Gasteiger partial charge < -0.3 is 14.2 Å². The van der Waals surface area contributed by atoms with Crippen LogP contribution in [0.1, 0.15) is 39.7 Å².